The van der Waals surface area contributed by atoms with Gasteiger partial charge in [0.25, 0.3) is 0 Å². The highest BCUT2D eigenvalue weighted by Gasteiger charge is 2.25. The van der Waals surface area contributed by atoms with Crippen molar-refractivity contribution >= 4 is 0 Å². The second-order valence-electron chi connectivity index (χ2n) is 5.56. The lowest BCUT2D eigenvalue weighted by Gasteiger charge is -2.33. The fourth-order valence-corrected chi connectivity index (χ4v) is 2.39. The van der Waals surface area contributed by atoms with Crippen molar-refractivity contribution in [2.75, 3.05) is 13.1 Å². The van der Waals surface area contributed by atoms with Crippen LogP contribution in [0.2, 0.25) is 0 Å². The lowest BCUT2D eigenvalue weighted by molar-refractivity contribution is 0.117. The van der Waals surface area contributed by atoms with E-state index in [2.05, 4.69) is 42.7 Å². The van der Waals surface area contributed by atoms with Crippen molar-refractivity contribution in [2.24, 2.45) is 5.92 Å². The summed E-state index contributed by atoms with van der Waals surface area (Å²) in [5, 5.41) is 4.04. The molecule has 0 bridgehead atoms. The average molecular weight is 237 g/mol. The molecule has 0 radical (unpaired) electrons. The minimum absolute atomic E-state index is 0.248. The first-order chi connectivity index (χ1) is 8.08. The van der Waals surface area contributed by atoms with Crippen molar-refractivity contribution in [3.63, 3.8) is 0 Å². The monoisotopic (exact) mass is 237 g/mol. The van der Waals surface area contributed by atoms with Crippen molar-refractivity contribution in [2.45, 2.75) is 52.5 Å². The van der Waals surface area contributed by atoms with Gasteiger partial charge < -0.3 is 4.52 Å². The molecule has 1 aromatic rings. The van der Waals surface area contributed by atoms with Gasteiger partial charge in [-0.3, -0.25) is 4.90 Å². The molecule has 2 atom stereocenters. The van der Waals surface area contributed by atoms with E-state index in [-0.39, 0.29) is 6.04 Å². The predicted molar refractivity (Wildman–Crippen MR) is 66.8 cm³/mol. The molecule has 1 aliphatic heterocycles. The smallest absolute Gasteiger partial charge is 0.243 e. The van der Waals surface area contributed by atoms with Crippen LogP contribution in [0.25, 0.3) is 0 Å². The molecule has 1 fully saturated rings. The number of likely N-dealkylation sites (tertiary alicyclic amines) is 1. The normalized spacial score (nSPS) is 24.2. The Bertz CT molecular complexity index is 361. The topological polar surface area (TPSA) is 42.2 Å². The Kier molecular flexibility index (Phi) is 3.82. The summed E-state index contributed by atoms with van der Waals surface area (Å²) >= 11 is 0. The first-order valence-corrected chi connectivity index (χ1v) is 6.65. The summed E-state index contributed by atoms with van der Waals surface area (Å²) in [6.07, 6.45) is 2.61. The summed E-state index contributed by atoms with van der Waals surface area (Å²) in [6.45, 7) is 10.9. The van der Waals surface area contributed by atoms with Crippen LogP contribution in [0, 0.1) is 5.92 Å². The number of rotatable bonds is 3. The second kappa shape index (κ2) is 5.17. The third-order valence-corrected chi connectivity index (χ3v) is 3.57. The van der Waals surface area contributed by atoms with Gasteiger partial charge in [0.2, 0.25) is 5.89 Å². The molecule has 0 aromatic carbocycles. The molecule has 0 N–H and O–H groups in total. The van der Waals surface area contributed by atoms with Crippen molar-refractivity contribution in [3.8, 4) is 0 Å². The number of piperidine rings is 1. The molecule has 4 nitrogen and oxygen atoms in total. The third kappa shape index (κ3) is 2.86. The lowest BCUT2D eigenvalue weighted by atomic mass is 9.99. The SMILES string of the molecule is CC(C)c1noc([C@@H](C)N2CCC[C@H](C)C2)n1. The van der Waals surface area contributed by atoms with E-state index in [1.807, 2.05) is 0 Å². The van der Waals surface area contributed by atoms with E-state index >= 15 is 0 Å². The third-order valence-electron chi connectivity index (χ3n) is 3.57. The highest BCUT2D eigenvalue weighted by molar-refractivity contribution is 4.96. The Morgan fingerprint density at radius 3 is 2.71 bits per heavy atom. The molecule has 0 amide bonds. The van der Waals surface area contributed by atoms with E-state index < -0.39 is 0 Å². The molecule has 0 aliphatic carbocycles. The minimum atomic E-state index is 0.248. The molecule has 2 rings (SSSR count). The fraction of sp³-hybridized carbons (Fsp3) is 0.846. The number of nitrogens with zero attached hydrogens (tertiary/aromatic N) is 3. The molecule has 0 spiro atoms. The van der Waals surface area contributed by atoms with Gasteiger partial charge in [-0.05, 0) is 32.2 Å². The Balaban J connectivity index is 2.04. The van der Waals surface area contributed by atoms with E-state index in [1.54, 1.807) is 0 Å². The zero-order valence-corrected chi connectivity index (χ0v) is 11.3. The van der Waals surface area contributed by atoms with Crippen molar-refractivity contribution < 1.29 is 4.52 Å². The van der Waals surface area contributed by atoms with Crippen LogP contribution in [-0.4, -0.2) is 28.1 Å². The minimum Gasteiger partial charge on any atom is -0.338 e. The lowest BCUT2D eigenvalue weighted by Crippen LogP contribution is -2.36. The quantitative estimate of drug-likeness (QED) is 0.810. The molecular formula is C13H23N3O. The molecular weight excluding hydrogens is 214 g/mol. The van der Waals surface area contributed by atoms with Crippen LogP contribution < -0.4 is 0 Å². The summed E-state index contributed by atoms with van der Waals surface area (Å²) in [6, 6.07) is 0.248. The van der Waals surface area contributed by atoms with Crippen LogP contribution in [0.5, 0.6) is 0 Å². The summed E-state index contributed by atoms with van der Waals surface area (Å²) < 4.78 is 5.37. The van der Waals surface area contributed by atoms with Crippen molar-refractivity contribution in [3.05, 3.63) is 11.7 Å². The van der Waals surface area contributed by atoms with Crippen molar-refractivity contribution in [1.29, 1.82) is 0 Å². The molecule has 1 saturated heterocycles. The Hall–Kier alpha value is -0.900. The summed E-state index contributed by atoms with van der Waals surface area (Å²) in [5.41, 5.74) is 0. The van der Waals surface area contributed by atoms with Crippen LogP contribution >= 0.6 is 0 Å². The summed E-state index contributed by atoms with van der Waals surface area (Å²) in [7, 11) is 0. The highest BCUT2D eigenvalue weighted by atomic mass is 16.5. The molecule has 1 aliphatic rings. The maximum atomic E-state index is 5.37. The maximum absolute atomic E-state index is 5.37. The Morgan fingerprint density at radius 2 is 2.12 bits per heavy atom. The largest absolute Gasteiger partial charge is 0.338 e. The van der Waals surface area contributed by atoms with Crippen LogP contribution in [0.1, 0.15) is 64.2 Å². The van der Waals surface area contributed by atoms with Crippen LogP contribution in [-0.2, 0) is 0 Å². The number of hydrogen-bond acceptors (Lipinski definition) is 4. The van der Waals surface area contributed by atoms with Crippen LogP contribution in [0.15, 0.2) is 4.52 Å². The number of aromatic nitrogens is 2. The van der Waals surface area contributed by atoms with E-state index in [9.17, 15) is 0 Å². The van der Waals surface area contributed by atoms with Crippen LogP contribution in [0.3, 0.4) is 0 Å². The zero-order chi connectivity index (χ0) is 12.4. The van der Waals surface area contributed by atoms with E-state index in [0.29, 0.717) is 5.92 Å². The first-order valence-electron chi connectivity index (χ1n) is 6.65. The van der Waals surface area contributed by atoms with Gasteiger partial charge in [-0.15, -0.1) is 0 Å². The van der Waals surface area contributed by atoms with Gasteiger partial charge in [0.15, 0.2) is 5.82 Å². The fourth-order valence-electron chi connectivity index (χ4n) is 2.39. The Labute approximate surface area is 103 Å². The molecule has 0 saturated carbocycles. The van der Waals surface area contributed by atoms with Gasteiger partial charge in [0.1, 0.15) is 0 Å². The molecule has 4 heteroatoms. The zero-order valence-electron chi connectivity index (χ0n) is 11.3. The van der Waals surface area contributed by atoms with Gasteiger partial charge in [-0.1, -0.05) is 25.9 Å². The Morgan fingerprint density at radius 1 is 1.35 bits per heavy atom. The second-order valence-corrected chi connectivity index (χ2v) is 5.56. The van der Waals surface area contributed by atoms with Crippen LogP contribution in [0.4, 0.5) is 0 Å². The van der Waals surface area contributed by atoms with Gasteiger partial charge in [-0.2, -0.15) is 4.98 Å². The molecule has 0 unspecified atom stereocenters. The van der Waals surface area contributed by atoms with Gasteiger partial charge in [0.05, 0.1) is 6.04 Å². The van der Waals surface area contributed by atoms with E-state index in [0.717, 1.165) is 30.7 Å². The molecule has 17 heavy (non-hydrogen) atoms. The average Bonchev–Trinajstić information content (AvgIpc) is 2.77. The molecule has 2 heterocycles. The first kappa shape index (κ1) is 12.6. The van der Waals surface area contributed by atoms with Gasteiger partial charge >= 0.3 is 0 Å². The molecule has 1 aromatic heterocycles. The van der Waals surface area contributed by atoms with Gasteiger partial charge in [-0.25, -0.2) is 0 Å². The van der Waals surface area contributed by atoms with E-state index in [4.69, 9.17) is 4.52 Å². The highest BCUT2D eigenvalue weighted by Crippen LogP contribution is 2.26. The van der Waals surface area contributed by atoms with Crippen molar-refractivity contribution in [1.82, 2.24) is 15.0 Å². The summed E-state index contributed by atoms with van der Waals surface area (Å²) in [4.78, 5) is 6.94. The standard InChI is InChI=1S/C13H23N3O/c1-9(2)12-14-13(17-15-12)11(4)16-7-5-6-10(3)8-16/h9-11H,5-8H2,1-4H3/t10-,11+/m0/s1. The molecule has 96 valence electrons. The maximum Gasteiger partial charge on any atom is 0.243 e. The predicted octanol–water partition coefficient (Wildman–Crippen LogP) is 2.99. The summed E-state index contributed by atoms with van der Waals surface area (Å²) in [5.74, 6) is 2.69. The number of hydrogen-bond donors (Lipinski definition) is 0. The van der Waals surface area contributed by atoms with E-state index in [1.165, 1.54) is 12.8 Å². The van der Waals surface area contributed by atoms with Gasteiger partial charge in [0, 0.05) is 12.5 Å².